The number of nitrogens with one attached hydrogen (secondary N) is 1. The number of rotatable bonds is 1. The Hall–Kier alpha value is -1.82. The largest absolute Gasteiger partial charge is 0.356 e. The lowest BCUT2D eigenvalue weighted by atomic mass is 9.77. The Kier molecular flexibility index (Phi) is 2.59. The predicted molar refractivity (Wildman–Crippen MR) is 68.9 cm³/mol. The molecule has 0 amide bonds. The Morgan fingerprint density at radius 1 is 1.44 bits per heavy atom. The molecule has 0 radical (unpaired) electrons. The van der Waals surface area contributed by atoms with Gasteiger partial charge in [-0.25, -0.2) is 4.39 Å². The minimum Gasteiger partial charge on any atom is -0.356 e. The molecule has 0 bridgehead atoms. The first kappa shape index (κ1) is 11.3. The minimum absolute atomic E-state index is 0.0461. The Bertz CT molecular complexity index is 623. The van der Waals surface area contributed by atoms with Crippen LogP contribution in [0.1, 0.15) is 43.1 Å². The third kappa shape index (κ3) is 1.45. The highest BCUT2D eigenvalue weighted by Gasteiger charge is 2.36. The van der Waals surface area contributed by atoms with E-state index in [2.05, 4.69) is 11.1 Å². The summed E-state index contributed by atoms with van der Waals surface area (Å²) in [7, 11) is 0. The van der Waals surface area contributed by atoms with Gasteiger partial charge < -0.3 is 4.98 Å². The minimum atomic E-state index is -0.970. The van der Waals surface area contributed by atoms with Crippen LogP contribution in [0.2, 0.25) is 0 Å². The van der Waals surface area contributed by atoms with E-state index in [-0.39, 0.29) is 11.8 Å². The predicted octanol–water partition coefficient (Wildman–Crippen LogP) is 4.22. The van der Waals surface area contributed by atoms with Gasteiger partial charge in [-0.15, -0.1) is 0 Å². The van der Waals surface area contributed by atoms with Gasteiger partial charge in [-0.1, -0.05) is 31.5 Å². The molecule has 0 saturated heterocycles. The molecule has 3 rings (SSSR count). The maximum atomic E-state index is 14.4. The number of halogens is 1. The first-order valence-corrected chi connectivity index (χ1v) is 6.40. The second kappa shape index (κ2) is 4.13. The van der Waals surface area contributed by atoms with Crippen LogP contribution in [0.4, 0.5) is 4.39 Å². The summed E-state index contributed by atoms with van der Waals surface area (Å²) in [6, 6.07) is 10.1. The zero-order valence-electron chi connectivity index (χ0n) is 10.3. The highest BCUT2D eigenvalue weighted by Crippen LogP contribution is 2.46. The number of aromatic nitrogens is 1. The number of aromatic amines is 1. The van der Waals surface area contributed by atoms with Gasteiger partial charge >= 0.3 is 0 Å². The lowest BCUT2D eigenvalue weighted by Crippen LogP contribution is -2.20. The number of nitrogens with zero attached hydrogens (tertiary/aromatic N) is 1. The van der Waals surface area contributed by atoms with Crippen molar-refractivity contribution in [2.45, 2.75) is 31.9 Å². The molecule has 0 fully saturated rings. The molecule has 1 N–H and O–H groups in total. The molecule has 92 valence electrons. The van der Waals surface area contributed by atoms with Crippen LogP contribution in [0.15, 0.2) is 24.3 Å². The molecule has 18 heavy (non-hydrogen) atoms. The van der Waals surface area contributed by atoms with Gasteiger partial charge in [-0.05, 0) is 18.4 Å². The van der Waals surface area contributed by atoms with E-state index in [1.54, 1.807) is 0 Å². The lowest BCUT2D eigenvalue weighted by Gasteiger charge is -2.28. The summed E-state index contributed by atoms with van der Waals surface area (Å²) >= 11 is 0. The van der Waals surface area contributed by atoms with Gasteiger partial charge in [0.25, 0.3) is 0 Å². The number of H-pyrrole nitrogens is 1. The summed E-state index contributed by atoms with van der Waals surface area (Å²) in [5, 5.41) is 10.3. The van der Waals surface area contributed by atoms with Gasteiger partial charge in [0.1, 0.15) is 6.17 Å². The summed E-state index contributed by atoms with van der Waals surface area (Å²) in [6.07, 6.45) is 0.430. The van der Waals surface area contributed by atoms with E-state index in [4.69, 9.17) is 0 Å². The first-order valence-electron chi connectivity index (χ1n) is 6.40. The number of nitriles is 1. The topological polar surface area (TPSA) is 39.6 Å². The van der Waals surface area contributed by atoms with E-state index in [9.17, 15) is 9.65 Å². The highest BCUT2D eigenvalue weighted by atomic mass is 19.1. The number of fused-ring (bicyclic) bond motifs is 3. The van der Waals surface area contributed by atoms with E-state index >= 15 is 0 Å². The maximum Gasteiger partial charge on any atom is 0.143 e. The normalized spacial score (nSPS) is 26.8. The van der Waals surface area contributed by atoms with Gasteiger partial charge in [-0.2, -0.15) is 5.26 Å². The van der Waals surface area contributed by atoms with E-state index in [1.165, 1.54) is 0 Å². The molecule has 1 aromatic heterocycles. The van der Waals surface area contributed by atoms with Crippen LogP contribution >= 0.6 is 0 Å². The smallest absolute Gasteiger partial charge is 0.143 e. The molecule has 0 saturated carbocycles. The molecular formula is C15H15FN2. The highest BCUT2D eigenvalue weighted by molar-refractivity contribution is 5.86. The molecule has 1 aromatic carbocycles. The Labute approximate surface area is 105 Å². The SMILES string of the molecule is CCC1CC(C#N)c2c([nH]c3ccccc23)C1F. The molecule has 3 atom stereocenters. The van der Waals surface area contributed by atoms with Crippen molar-refractivity contribution in [2.24, 2.45) is 5.92 Å². The fraction of sp³-hybridized carbons (Fsp3) is 0.400. The van der Waals surface area contributed by atoms with Crippen molar-refractivity contribution < 1.29 is 4.39 Å². The van der Waals surface area contributed by atoms with Crippen LogP contribution in [0.25, 0.3) is 10.9 Å². The van der Waals surface area contributed by atoms with Gasteiger partial charge in [-0.3, -0.25) is 0 Å². The monoisotopic (exact) mass is 242 g/mol. The van der Waals surface area contributed by atoms with Crippen molar-refractivity contribution in [3.63, 3.8) is 0 Å². The van der Waals surface area contributed by atoms with Crippen molar-refractivity contribution in [1.29, 1.82) is 5.26 Å². The van der Waals surface area contributed by atoms with Gasteiger partial charge in [0.2, 0.25) is 0 Å². The quantitative estimate of drug-likeness (QED) is 0.799. The Morgan fingerprint density at radius 2 is 2.22 bits per heavy atom. The summed E-state index contributed by atoms with van der Waals surface area (Å²) in [6.45, 7) is 1.99. The van der Waals surface area contributed by atoms with Gasteiger partial charge in [0, 0.05) is 16.5 Å². The third-order valence-electron chi connectivity index (χ3n) is 4.03. The second-order valence-corrected chi connectivity index (χ2v) is 4.99. The van der Waals surface area contributed by atoms with Crippen molar-refractivity contribution in [1.82, 2.24) is 4.98 Å². The van der Waals surface area contributed by atoms with Crippen LogP contribution in [0, 0.1) is 17.2 Å². The molecule has 2 aromatic rings. The number of alkyl halides is 1. The number of para-hydroxylation sites is 1. The molecule has 1 aliphatic carbocycles. The van der Waals surface area contributed by atoms with Crippen molar-refractivity contribution in [2.75, 3.05) is 0 Å². The number of hydrogen-bond acceptors (Lipinski definition) is 1. The lowest BCUT2D eigenvalue weighted by molar-refractivity contribution is 0.191. The van der Waals surface area contributed by atoms with Gasteiger partial charge in [0.05, 0.1) is 17.7 Å². The molecule has 2 nitrogen and oxygen atoms in total. The summed E-state index contributed by atoms with van der Waals surface area (Å²) in [5.41, 5.74) is 2.44. The zero-order chi connectivity index (χ0) is 12.7. The Balaban J connectivity index is 2.25. The molecule has 3 unspecified atom stereocenters. The third-order valence-corrected chi connectivity index (χ3v) is 4.03. The van der Waals surface area contributed by atoms with Gasteiger partial charge in [0.15, 0.2) is 0 Å². The molecule has 0 spiro atoms. The van der Waals surface area contributed by atoms with Crippen LogP contribution < -0.4 is 0 Å². The number of hydrogen-bond donors (Lipinski definition) is 1. The molecule has 1 heterocycles. The molecule has 1 aliphatic rings. The van der Waals surface area contributed by atoms with E-state index in [1.807, 2.05) is 31.2 Å². The first-order chi connectivity index (χ1) is 8.76. The average Bonchev–Trinajstić information content (AvgIpc) is 2.80. The second-order valence-electron chi connectivity index (χ2n) is 4.99. The van der Waals surface area contributed by atoms with Crippen LogP contribution in [0.5, 0.6) is 0 Å². The standard InChI is InChI=1S/C15H15FN2/c1-2-9-7-10(8-17)13-11-5-3-4-6-12(11)18-15(13)14(9)16/h3-6,9-10,14,18H,2,7H2,1H3. The fourth-order valence-electron chi connectivity index (χ4n) is 3.04. The van der Waals surface area contributed by atoms with Crippen molar-refractivity contribution in [3.05, 3.63) is 35.5 Å². The Morgan fingerprint density at radius 3 is 2.94 bits per heavy atom. The maximum absolute atomic E-state index is 14.4. The van der Waals surface area contributed by atoms with Crippen molar-refractivity contribution in [3.8, 4) is 6.07 Å². The van der Waals surface area contributed by atoms with E-state index in [0.29, 0.717) is 12.1 Å². The van der Waals surface area contributed by atoms with Crippen molar-refractivity contribution >= 4 is 10.9 Å². The summed E-state index contributed by atoms with van der Waals surface area (Å²) in [4.78, 5) is 3.17. The molecule has 0 aliphatic heterocycles. The van der Waals surface area contributed by atoms with E-state index < -0.39 is 6.17 Å². The zero-order valence-corrected chi connectivity index (χ0v) is 10.3. The summed E-state index contributed by atoms with van der Waals surface area (Å²) in [5.74, 6) is -0.233. The number of benzene rings is 1. The fourth-order valence-corrected chi connectivity index (χ4v) is 3.04. The van der Waals surface area contributed by atoms with Crippen LogP contribution in [-0.4, -0.2) is 4.98 Å². The summed E-state index contributed by atoms with van der Waals surface area (Å²) < 4.78 is 14.4. The molecule has 3 heteroatoms. The van der Waals surface area contributed by atoms with Crippen LogP contribution in [0.3, 0.4) is 0 Å². The molecular weight excluding hydrogens is 227 g/mol. The average molecular weight is 242 g/mol. The van der Waals surface area contributed by atoms with E-state index in [0.717, 1.165) is 22.9 Å². The van der Waals surface area contributed by atoms with Crippen LogP contribution in [-0.2, 0) is 0 Å².